The maximum atomic E-state index is 9.85. The molecule has 110 valence electrons. The Morgan fingerprint density at radius 3 is 2.65 bits per heavy atom. The summed E-state index contributed by atoms with van der Waals surface area (Å²) in [6, 6.07) is 7.44. The van der Waals surface area contributed by atoms with Gasteiger partial charge in [0.05, 0.1) is 0 Å². The highest BCUT2D eigenvalue weighted by atomic mass is 16.3. The molecule has 0 aliphatic carbocycles. The minimum atomic E-state index is 0.409. The topological polar surface area (TPSA) is 35.5 Å². The van der Waals surface area contributed by atoms with Gasteiger partial charge >= 0.3 is 0 Å². The number of hydrogen-bond acceptors (Lipinski definition) is 3. The van der Waals surface area contributed by atoms with Crippen LogP contribution in [0.4, 0.5) is 0 Å². The van der Waals surface area contributed by atoms with Crippen LogP contribution in [0.25, 0.3) is 0 Å². The Balaban J connectivity index is 1.50. The van der Waals surface area contributed by atoms with Crippen LogP contribution in [0.2, 0.25) is 0 Å². The van der Waals surface area contributed by atoms with Gasteiger partial charge in [0.2, 0.25) is 0 Å². The van der Waals surface area contributed by atoms with Crippen molar-refractivity contribution in [2.24, 2.45) is 5.92 Å². The number of hydrogen-bond donors (Lipinski definition) is 2. The molecule has 2 aliphatic heterocycles. The second-order valence-electron chi connectivity index (χ2n) is 6.65. The lowest BCUT2D eigenvalue weighted by Crippen LogP contribution is -2.42. The molecule has 0 aromatic heterocycles. The van der Waals surface area contributed by atoms with Gasteiger partial charge in [-0.2, -0.15) is 0 Å². The molecule has 2 heterocycles. The number of nitrogens with zero attached hydrogens (tertiary/aromatic N) is 1. The van der Waals surface area contributed by atoms with Crippen LogP contribution in [0.15, 0.2) is 18.2 Å². The van der Waals surface area contributed by atoms with E-state index in [0.717, 1.165) is 36.7 Å². The molecular weight excluding hydrogens is 248 g/mol. The summed E-state index contributed by atoms with van der Waals surface area (Å²) in [5, 5.41) is 13.4. The summed E-state index contributed by atoms with van der Waals surface area (Å²) in [4.78, 5) is 2.59. The van der Waals surface area contributed by atoms with Gasteiger partial charge in [-0.05, 0) is 58.2 Å². The highest BCUT2D eigenvalue weighted by Gasteiger charge is 2.37. The third kappa shape index (κ3) is 2.84. The molecule has 3 nitrogen and oxygen atoms in total. The average Bonchev–Trinajstić information content (AvgIpc) is 2.65. The van der Waals surface area contributed by atoms with Gasteiger partial charge in [-0.3, -0.25) is 0 Å². The molecule has 2 saturated heterocycles. The molecule has 2 N–H and O–H groups in total. The van der Waals surface area contributed by atoms with Gasteiger partial charge in [-0.25, -0.2) is 0 Å². The van der Waals surface area contributed by atoms with Crippen molar-refractivity contribution in [3.05, 3.63) is 29.3 Å². The largest absolute Gasteiger partial charge is 0.508 e. The summed E-state index contributed by atoms with van der Waals surface area (Å²) in [5.41, 5.74) is 2.22. The van der Waals surface area contributed by atoms with Crippen molar-refractivity contribution in [2.45, 2.75) is 51.2 Å². The normalized spacial score (nSPS) is 29.8. The van der Waals surface area contributed by atoms with E-state index in [1.165, 1.54) is 31.2 Å². The maximum absolute atomic E-state index is 9.85. The van der Waals surface area contributed by atoms with Crippen molar-refractivity contribution in [3.63, 3.8) is 0 Å². The number of rotatable bonds is 4. The number of nitrogens with one attached hydrogen (secondary N) is 1. The minimum Gasteiger partial charge on any atom is -0.508 e. The summed E-state index contributed by atoms with van der Waals surface area (Å²) in [6.45, 7) is 3.92. The summed E-state index contributed by atoms with van der Waals surface area (Å²) < 4.78 is 0. The smallest absolute Gasteiger partial charge is 0.120 e. The summed E-state index contributed by atoms with van der Waals surface area (Å²) in [6.07, 6.45) is 5.44. The molecule has 0 saturated carbocycles. The van der Waals surface area contributed by atoms with Crippen LogP contribution in [-0.4, -0.2) is 35.7 Å². The third-order valence-electron chi connectivity index (χ3n) is 5.18. The summed E-state index contributed by atoms with van der Waals surface area (Å²) >= 11 is 0. The minimum absolute atomic E-state index is 0.409. The van der Waals surface area contributed by atoms with Crippen molar-refractivity contribution < 1.29 is 5.11 Å². The van der Waals surface area contributed by atoms with Crippen molar-refractivity contribution in [1.82, 2.24) is 10.2 Å². The van der Waals surface area contributed by atoms with Crippen LogP contribution in [-0.2, 0) is 6.54 Å². The van der Waals surface area contributed by atoms with Gasteiger partial charge in [0, 0.05) is 24.2 Å². The molecule has 3 rings (SSSR count). The number of phenols is 1. The fraction of sp³-hybridized carbons (Fsp3) is 0.647. The molecule has 20 heavy (non-hydrogen) atoms. The van der Waals surface area contributed by atoms with Gasteiger partial charge in [-0.15, -0.1) is 0 Å². The molecule has 0 spiro atoms. The van der Waals surface area contributed by atoms with Crippen molar-refractivity contribution in [1.29, 1.82) is 0 Å². The van der Waals surface area contributed by atoms with Gasteiger partial charge in [0.25, 0.3) is 0 Å². The molecule has 0 amide bonds. The first kappa shape index (κ1) is 13.9. The first-order valence-corrected chi connectivity index (χ1v) is 7.84. The van der Waals surface area contributed by atoms with E-state index >= 15 is 0 Å². The van der Waals surface area contributed by atoms with Crippen molar-refractivity contribution >= 4 is 0 Å². The highest BCUT2D eigenvalue weighted by Crippen LogP contribution is 2.37. The standard InChI is InChI=1S/C17H26N2O/c1-12-3-6-17(20)14(7-12)11-18-10-13-8-15-4-5-16(9-13)19(15)2/h3,6-7,13,15-16,18,20H,4-5,8-11H2,1-2H3. The van der Waals surface area contributed by atoms with E-state index < -0.39 is 0 Å². The van der Waals surface area contributed by atoms with Crippen LogP contribution in [0.5, 0.6) is 5.75 Å². The van der Waals surface area contributed by atoms with E-state index in [-0.39, 0.29) is 0 Å². The van der Waals surface area contributed by atoms with Crippen molar-refractivity contribution in [2.75, 3.05) is 13.6 Å². The molecule has 2 unspecified atom stereocenters. The van der Waals surface area contributed by atoms with E-state index in [1.54, 1.807) is 6.07 Å². The summed E-state index contributed by atoms with van der Waals surface area (Å²) in [5.74, 6) is 1.21. The molecule has 3 heteroatoms. The summed E-state index contributed by atoms with van der Waals surface area (Å²) in [7, 11) is 2.29. The fourth-order valence-corrected chi connectivity index (χ4v) is 3.96. The highest BCUT2D eigenvalue weighted by molar-refractivity contribution is 5.35. The molecule has 1 aromatic carbocycles. The van der Waals surface area contributed by atoms with Gasteiger partial charge in [0.15, 0.2) is 0 Å². The van der Waals surface area contributed by atoms with Crippen LogP contribution < -0.4 is 5.32 Å². The molecule has 1 aromatic rings. The van der Waals surface area contributed by atoms with Gasteiger partial charge in [0.1, 0.15) is 5.75 Å². The quantitative estimate of drug-likeness (QED) is 0.886. The zero-order chi connectivity index (χ0) is 14.1. The maximum Gasteiger partial charge on any atom is 0.120 e. The molecule has 0 radical (unpaired) electrons. The number of aryl methyl sites for hydroxylation is 1. The lowest BCUT2D eigenvalue weighted by molar-refractivity contribution is 0.133. The predicted molar refractivity (Wildman–Crippen MR) is 81.8 cm³/mol. The number of phenolic OH excluding ortho intramolecular Hbond substituents is 1. The van der Waals surface area contributed by atoms with E-state index in [0.29, 0.717) is 5.75 Å². The van der Waals surface area contributed by atoms with Gasteiger partial charge in [-0.1, -0.05) is 17.7 Å². The predicted octanol–water partition coefficient (Wildman–Crippen LogP) is 2.66. The van der Waals surface area contributed by atoms with E-state index in [1.807, 2.05) is 6.07 Å². The van der Waals surface area contributed by atoms with E-state index in [4.69, 9.17) is 0 Å². The number of fused-ring (bicyclic) bond motifs is 2. The van der Waals surface area contributed by atoms with Gasteiger partial charge < -0.3 is 15.3 Å². The fourth-order valence-electron chi connectivity index (χ4n) is 3.96. The molecule has 2 fully saturated rings. The Bertz CT molecular complexity index is 460. The Morgan fingerprint density at radius 1 is 1.25 bits per heavy atom. The Hall–Kier alpha value is -1.06. The second kappa shape index (κ2) is 5.74. The SMILES string of the molecule is Cc1ccc(O)c(CNCC2CC3CCC(C2)N3C)c1. The number of piperidine rings is 1. The Morgan fingerprint density at radius 2 is 1.95 bits per heavy atom. The van der Waals surface area contributed by atoms with Crippen LogP contribution in [0, 0.1) is 12.8 Å². The lowest BCUT2D eigenvalue weighted by atomic mass is 9.91. The zero-order valence-electron chi connectivity index (χ0n) is 12.6. The molecule has 2 atom stereocenters. The Kier molecular flexibility index (Phi) is 3.99. The van der Waals surface area contributed by atoms with Crippen LogP contribution in [0.1, 0.15) is 36.8 Å². The second-order valence-corrected chi connectivity index (χ2v) is 6.65. The lowest BCUT2D eigenvalue weighted by Gasteiger charge is -2.36. The molecule has 2 aliphatic rings. The molecule has 2 bridgehead atoms. The zero-order valence-corrected chi connectivity index (χ0v) is 12.6. The monoisotopic (exact) mass is 274 g/mol. The third-order valence-corrected chi connectivity index (χ3v) is 5.18. The Labute approximate surface area is 122 Å². The van der Waals surface area contributed by atoms with Crippen molar-refractivity contribution in [3.8, 4) is 5.75 Å². The van der Waals surface area contributed by atoms with E-state index in [2.05, 4.69) is 30.3 Å². The number of aromatic hydroxyl groups is 1. The number of benzene rings is 1. The van der Waals surface area contributed by atoms with Crippen LogP contribution in [0.3, 0.4) is 0 Å². The van der Waals surface area contributed by atoms with E-state index in [9.17, 15) is 5.11 Å². The van der Waals surface area contributed by atoms with Crippen LogP contribution >= 0.6 is 0 Å². The first-order chi connectivity index (χ1) is 9.63. The molecular formula is C17H26N2O. The average molecular weight is 274 g/mol. The first-order valence-electron chi connectivity index (χ1n) is 7.84.